The molecular formula is C14H12N4O2. The maximum absolute atomic E-state index is 11.9. The summed E-state index contributed by atoms with van der Waals surface area (Å²) in [4.78, 5) is 11.9. The Hall–Kier alpha value is -2.76. The molecule has 0 aliphatic carbocycles. The number of Topliss-reactive ketones (excluding diaryl/α,β-unsaturated/α-hetero) is 1. The van der Waals surface area contributed by atoms with Crippen LogP contribution >= 0.6 is 0 Å². The number of nitrogens with zero attached hydrogens (tertiary/aromatic N) is 4. The van der Waals surface area contributed by atoms with Gasteiger partial charge in [0, 0.05) is 12.8 Å². The van der Waals surface area contributed by atoms with Crippen molar-refractivity contribution < 1.29 is 9.21 Å². The van der Waals surface area contributed by atoms with E-state index in [4.69, 9.17) is 4.42 Å². The molecule has 0 fully saturated rings. The highest BCUT2D eigenvalue weighted by molar-refractivity contribution is 5.93. The summed E-state index contributed by atoms with van der Waals surface area (Å²) in [6.07, 6.45) is 2.25. The number of ketones is 1. The summed E-state index contributed by atoms with van der Waals surface area (Å²) < 4.78 is 6.71. The van der Waals surface area contributed by atoms with Crippen LogP contribution in [-0.4, -0.2) is 26.0 Å². The van der Waals surface area contributed by atoms with Gasteiger partial charge in [0.25, 0.3) is 0 Å². The fraction of sp³-hybridized carbons (Fsp3) is 0.143. The molecule has 0 spiro atoms. The van der Waals surface area contributed by atoms with Crippen LogP contribution in [0.25, 0.3) is 5.69 Å². The number of hydrogen-bond acceptors (Lipinski definition) is 5. The Kier molecular flexibility index (Phi) is 3.36. The first-order valence-electron chi connectivity index (χ1n) is 6.24. The van der Waals surface area contributed by atoms with Crippen molar-refractivity contribution in [2.24, 2.45) is 0 Å². The fourth-order valence-corrected chi connectivity index (χ4v) is 1.92. The summed E-state index contributed by atoms with van der Waals surface area (Å²) in [5, 5.41) is 11.6. The van der Waals surface area contributed by atoms with Crippen LogP contribution in [0.5, 0.6) is 0 Å². The topological polar surface area (TPSA) is 73.8 Å². The summed E-state index contributed by atoms with van der Waals surface area (Å²) in [7, 11) is 0. The molecule has 0 amide bonds. The number of hydrogen-bond donors (Lipinski definition) is 0. The maximum Gasteiger partial charge on any atom is 0.198 e. The fourth-order valence-electron chi connectivity index (χ4n) is 1.92. The van der Waals surface area contributed by atoms with E-state index in [0.717, 1.165) is 5.69 Å². The lowest BCUT2D eigenvalue weighted by molar-refractivity contribution is 0.0955. The van der Waals surface area contributed by atoms with Crippen molar-refractivity contribution in [2.45, 2.75) is 12.8 Å². The van der Waals surface area contributed by atoms with E-state index in [0.29, 0.717) is 24.4 Å². The first-order chi connectivity index (χ1) is 9.84. The monoisotopic (exact) mass is 268 g/mol. The van der Waals surface area contributed by atoms with Crippen molar-refractivity contribution >= 4 is 5.78 Å². The predicted molar refractivity (Wildman–Crippen MR) is 70.5 cm³/mol. The first-order valence-corrected chi connectivity index (χ1v) is 6.24. The molecule has 0 aliphatic heterocycles. The Balaban J connectivity index is 1.73. The third-order valence-corrected chi connectivity index (χ3v) is 2.91. The molecule has 20 heavy (non-hydrogen) atoms. The van der Waals surface area contributed by atoms with Gasteiger partial charge in [-0.1, -0.05) is 18.2 Å². The molecule has 3 aromatic rings. The standard InChI is InChI=1S/C14H12N4O2/c19-12(13-7-4-10-20-13)8-9-14-15-16-17-18(14)11-5-2-1-3-6-11/h1-7,10H,8-9H2. The Labute approximate surface area is 115 Å². The van der Waals surface area contributed by atoms with Crippen molar-refractivity contribution in [1.29, 1.82) is 0 Å². The lowest BCUT2D eigenvalue weighted by Gasteiger charge is -2.03. The largest absolute Gasteiger partial charge is 0.461 e. The van der Waals surface area contributed by atoms with E-state index in [2.05, 4.69) is 15.5 Å². The molecule has 3 rings (SSSR count). The second kappa shape index (κ2) is 5.48. The highest BCUT2D eigenvalue weighted by Crippen LogP contribution is 2.11. The molecule has 0 atom stereocenters. The van der Waals surface area contributed by atoms with Gasteiger partial charge in [0.1, 0.15) is 0 Å². The smallest absolute Gasteiger partial charge is 0.198 e. The second-order valence-electron chi connectivity index (χ2n) is 4.24. The Bertz CT molecular complexity index is 689. The van der Waals surface area contributed by atoms with Crippen LogP contribution in [0.2, 0.25) is 0 Å². The Morgan fingerprint density at radius 1 is 1.15 bits per heavy atom. The van der Waals surface area contributed by atoms with Crippen LogP contribution in [0, 0.1) is 0 Å². The number of benzene rings is 1. The van der Waals surface area contributed by atoms with Gasteiger partial charge in [0.2, 0.25) is 0 Å². The lowest BCUT2D eigenvalue weighted by atomic mass is 10.2. The molecule has 100 valence electrons. The third kappa shape index (κ3) is 2.49. The number of carbonyl (C=O) groups excluding carboxylic acids is 1. The van der Waals surface area contributed by atoms with Gasteiger partial charge in [-0.3, -0.25) is 4.79 Å². The molecule has 0 radical (unpaired) electrons. The van der Waals surface area contributed by atoms with E-state index in [1.165, 1.54) is 6.26 Å². The van der Waals surface area contributed by atoms with Crippen molar-refractivity contribution in [3.63, 3.8) is 0 Å². The van der Waals surface area contributed by atoms with E-state index >= 15 is 0 Å². The molecule has 6 heteroatoms. The number of para-hydroxylation sites is 1. The molecule has 0 saturated heterocycles. The van der Waals surface area contributed by atoms with Gasteiger partial charge in [-0.25, -0.2) is 0 Å². The molecule has 6 nitrogen and oxygen atoms in total. The highest BCUT2D eigenvalue weighted by Gasteiger charge is 2.13. The number of rotatable bonds is 5. The Morgan fingerprint density at radius 3 is 2.75 bits per heavy atom. The molecule has 0 unspecified atom stereocenters. The van der Waals surface area contributed by atoms with E-state index in [1.807, 2.05) is 30.3 Å². The summed E-state index contributed by atoms with van der Waals surface area (Å²) in [6.45, 7) is 0. The van der Waals surface area contributed by atoms with Crippen LogP contribution < -0.4 is 0 Å². The van der Waals surface area contributed by atoms with Crippen LogP contribution in [0.15, 0.2) is 53.1 Å². The summed E-state index contributed by atoms with van der Waals surface area (Å²) in [5.41, 5.74) is 0.873. The van der Waals surface area contributed by atoms with Gasteiger partial charge in [0.05, 0.1) is 12.0 Å². The third-order valence-electron chi connectivity index (χ3n) is 2.91. The van der Waals surface area contributed by atoms with E-state index in [-0.39, 0.29) is 5.78 Å². The second-order valence-corrected chi connectivity index (χ2v) is 4.24. The lowest BCUT2D eigenvalue weighted by Crippen LogP contribution is -2.06. The highest BCUT2D eigenvalue weighted by atomic mass is 16.3. The number of aryl methyl sites for hydroxylation is 1. The summed E-state index contributed by atoms with van der Waals surface area (Å²) in [6, 6.07) is 12.9. The number of furan rings is 1. The van der Waals surface area contributed by atoms with Crippen LogP contribution in [0.4, 0.5) is 0 Å². The zero-order valence-corrected chi connectivity index (χ0v) is 10.6. The van der Waals surface area contributed by atoms with Crippen LogP contribution in [0.1, 0.15) is 22.8 Å². The van der Waals surface area contributed by atoms with Crippen molar-refractivity contribution in [2.75, 3.05) is 0 Å². The van der Waals surface area contributed by atoms with Crippen molar-refractivity contribution in [3.8, 4) is 5.69 Å². The van der Waals surface area contributed by atoms with Gasteiger partial charge in [-0.2, -0.15) is 4.68 Å². The average Bonchev–Trinajstić information content (AvgIpc) is 3.17. The SMILES string of the molecule is O=C(CCc1nnnn1-c1ccccc1)c1ccco1. The zero-order valence-electron chi connectivity index (χ0n) is 10.6. The molecule has 0 saturated carbocycles. The van der Waals surface area contributed by atoms with E-state index < -0.39 is 0 Å². The molecule has 2 heterocycles. The van der Waals surface area contributed by atoms with Gasteiger partial charge in [-0.15, -0.1) is 5.10 Å². The van der Waals surface area contributed by atoms with Gasteiger partial charge in [0.15, 0.2) is 17.4 Å². The molecule has 0 bridgehead atoms. The quantitative estimate of drug-likeness (QED) is 0.662. The summed E-state index contributed by atoms with van der Waals surface area (Å²) >= 11 is 0. The van der Waals surface area contributed by atoms with Gasteiger partial charge in [-0.05, 0) is 34.7 Å². The normalized spacial score (nSPS) is 10.6. The van der Waals surface area contributed by atoms with Gasteiger partial charge < -0.3 is 4.42 Å². The minimum Gasteiger partial charge on any atom is -0.461 e. The summed E-state index contributed by atoms with van der Waals surface area (Å²) in [5.74, 6) is 0.956. The molecular weight excluding hydrogens is 256 g/mol. The molecule has 0 aliphatic rings. The van der Waals surface area contributed by atoms with Gasteiger partial charge >= 0.3 is 0 Å². The number of carbonyl (C=O) groups is 1. The van der Waals surface area contributed by atoms with Crippen molar-refractivity contribution in [1.82, 2.24) is 20.2 Å². The minimum atomic E-state index is -0.0578. The molecule has 2 aromatic heterocycles. The van der Waals surface area contributed by atoms with E-state index in [1.54, 1.807) is 16.8 Å². The number of tetrazole rings is 1. The van der Waals surface area contributed by atoms with Crippen molar-refractivity contribution in [3.05, 3.63) is 60.3 Å². The molecule has 0 N–H and O–H groups in total. The van der Waals surface area contributed by atoms with Crippen LogP contribution in [0.3, 0.4) is 0 Å². The average molecular weight is 268 g/mol. The Morgan fingerprint density at radius 2 is 2.00 bits per heavy atom. The maximum atomic E-state index is 11.9. The van der Waals surface area contributed by atoms with E-state index in [9.17, 15) is 4.79 Å². The molecule has 1 aromatic carbocycles. The first kappa shape index (κ1) is 12.3. The minimum absolute atomic E-state index is 0.0578. The van der Waals surface area contributed by atoms with Crippen LogP contribution in [-0.2, 0) is 6.42 Å². The zero-order chi connectivity index (χ0) is 13.8. The predicted octanol–water partition coefficient (Wildman–Crippen LogP) is 2.07. The number of aromatic nitrogens is 4.